The topological polar surface area (TPSA) is 76.7 Å². The van der Waals surface area contributed by atoms with Gasteiger partial charge in [0.05, 0.1) is 18.2 Å². The zero-order valence-corrected chi connectivity index (χ0v) is 17.4. The molecule has 3 rings (SSSR count). The van der Waals surface area contributed by atoms with Crippen LogP contribution in [0.2, 0.25) is 0 Å². The highest BCUT2D eigenvalue weighted by atomic mass is 16.5. The number of benzene rings is 2. The Balaban J connectivity index is 1.70. The van der Waals surface area contributed by atoms with Crippen molar-refractivity contribution in [2.45, 2.75) is 45.8 Å². The summed E-state index contributed by atoms with van der Waals surface area (Å²) in [4.78, 5) is 24.7. The van der Waals surface area contributed by atoms with E-state index in [1.807, 2.05) is 54.6 Å². The molecule has 0 spiro atoms. The molecule has 2 aromatic carbocycles. The predicted octanol–water partition coefficient (Wildman–Crippen LogP) is 4.63. The molecule has 2 amide bonds. The third-order valence-corrected chi connectivity index (χ3v) is 4.93. The molecule has 0 unspecified atom stereocenters. The Morgan fingerprint density at radius 2 is 1.77 bits per heavy atom. The van der Waals surface area contributed by atoms with Gasteiger partial charge in [0.2, 0.25) is 0 Å². The summed E-state index contributed by atoms with van der Waals surface area (Å²) in [6.45, 7) is 4.65. The number of amides is 2. The predicted molar refractivity (Wildman–Crippen MR) is 115 cm³/mol. The molecule has 30 heavy (non-hydrogen) atoms. The molecule has 1 heterocycles. The van der Waals surface area contributed by atoms with Crippen molar-refractivity contribution in [2.75, 3.05) is 6.61 Å². The summed E-state index contributed by atoms with van der Waals surface area (Å²) >= 11 is 0. The number of allylic oxidation sites excluding steroid dienone is 1. The van der Waals surface area contributed by atoms with E-state index >= 15 is 0 Å². The second kappa shape index (κ2) is 10.5. The van der Waals surface area contributed by atoms with Crippen molar-refractivity contribution in [1.82, 2.24) is 10.6 Å². The molecule has 0 saturated carbocycles. The van der Waals surface area contributed by atoms with E-state index in [2.05, 4.69) is 17.6 Å². The van der Waals surface area contributed by atoms with Gasteiger partial charge in [-0.2, -0.15) is 0 Å². The second-order valence-corrected chi connectivity index (χ2v) is 7.26. The number of carbonyl (C=O) groups is 2. The molecule has 6 heteroatoms. The zero-order chi connectivity index (χ0) is 21.3. The molecule has 0 aromatic heterocycles. The lowest BCUT2D eigenvalue weighted by Gasteiger charge is -2.28. The van der Waals surface area contributed by atoms with Crippen molar-refractivity contribution in [3.05, 3.63) is 77.0 Å². The summed E-state index contributed by atoms with van der Waals surface area (Å²) in [5, 5.41) is 5.49. The normalized spacial score (nSPS) is 15.9. The molecule has 2 N–H and O–H groups in total. The highest BCUT2D eigenvalue weighted by Crippen LogP contribution is 2.29. The van der Waals surface area contributed by atoms with Gasteiger partial charge in [-0.1, -0.05) is 62.2 Å². The van der Waals surface area contributed by atoms with E-state index in [1.165, 1.54) is 0 Å². The smallest absolute Gasteiger partial charge is 0.338 e. The van der Waals surface area contributed by atoms with Gasteiger partial charge in [-0.05, 0) is 36.6 Å². The molecule has 1 atom stereocenters. The number of rotatable bonds is 9. The van der Waals surface area contributed by atoms with Gasteiger partial charge in [0.1, 0.15) is 12.4 Å². The van der Waals surface area contributed by atoms with E-state index in [9.17, 15) is 9.59 Å². The fraction of sp³-hybridized carbons (Fsp3) is 0.333. The van der Waals surface area contributed by atoms with Crippen LogP contribution in [0.1, 0.15) is 50.3 Å². The minimum Gasteiger partial charge on any atom is -0.489 e. The monoisotopic (exact) mass is 408 g/mol. The van der Waals surface area contributed by atoms with Crippen molar-refractivity contribution in [3.8, 4) is 5.75 Å². The quantitative estimate of drug-likeness (QED) is 0.469. The Labute approximate surface area is 177 Å². The Kier molecular flexibility index (Phi) is 7.49. The van der Waals surface area contributed by atoms with Crippen molar-refractivity contribution in [1.29, 1.82) is 0 Å². The maximum Gasteiger partial charge on any atom is 0.338 e. The molecule has 0 bridgehead atoms. The van der Waals surface area contributed by atoms with Crippen LogP contribution in [0.3, 0.4) is 0 Å². The third-order valence-electron chi connectivity index (χ3n) is 4.93. The Morgan fingerprint density at radius 3 is 2.47 bits per heavy atom. The lowest BCUT2D eigenvalue weighted by molar-refractivity contribution is -0.139. The molecule has 2 aromatic rings. The standard InChI is InChI=1S/C24H28N2O4/c1-3-4-8-15-29-23(27)21-17(2)25-24(28)26-22(21)19-11-13-20(14-12-19)30-16-18-9-6-5-7-10-18/h5-7,9-14,22H,3-4,8,15-16H2,1-2H3,(H2,25,26,28)/t22-/m0/s1. The van der Waals surface area contributed by atoms with Gasteiger partial charge in [0.15, 0.2) is 0 Å². The third kappa shape index (κ3) is 5.63. The summed E-state index contributed by atoms with van der Waals surface area (Å²) in [6.07, 6.45) is 2.89. The highest BCUT2D eigenvalue weighted by Gasteiger charge is 2.32. The summed E-state index contributed by atoms with van der Waals surface area (Å²) in [5.74, 6) is 0.303. The van der Waals surface area contributed by atoms with Crippen LogP contribution in [0.25, 0.3) is 0 Å². The average molecular weight is 408 g/mol. The molecule has 158 valence electrons. The molecule has 0 radical (unpaired) electrons. The summed E-state index contributed by atoms with van der Waals surface area (Å²) in [6, 6.07) is 16.4. The average Bonchev–Trinajstić information content (AvgIpc) is 2.76. The number of esters is 1. The summed E-state index contributed by atoms with van der Waals surface area (Å²) in [7, 11) is 0. The van der Waals surface area contributed by atoms with Gasteiger partial charge < -0.3 is 20.1 Å². The lowest BCUT2D eigenvalue weighted by Crippen LogP contribution is -2.45. The van der Waals surface area contributed by atoms with Crippen LogP contribution in [0.4, 0.5) is 4.79 Å². The van der Waals surface area contributed by atoms with Crippen molar-refractivity contribution in [2.24, 2.45) is 0 Å². The number of carbonyl (C=O) groups excluding carboxylic acids is 2. The maximum absolute atomic E-state index is 12.7. The lowest BCUT2D eigenvalue weighted by atomic mass is 9.95. The fourth-order valence-corrected chi connectivity index (χ4v) is 3.31. The molecule has 0 fully saturated rings. The summed E-state index contributed by atoms with van der Waals surface area (Å²) in [5.41, 5.74) is 2.80. The first-order valence-corrected chi connectivity index (χ1v) is 10.3. The van der Waals surface area contributed by atoms with Crippen LogP contribution in [-0.2, 0) is 16.1 Å². The Morgan fingerprint density at radius 1 is 1.03 bits per heavy atom. The van der Waals surface area contributed by atoms with E-state index in [-0.39, 0.29) is 6.03 Å². The molecule has 1 aliphatic heterocycles. The van der Waals surface area contributed by atoms with Gasteiger partial charge in [0, 0.05) is 5.70 Å². The Hall–Kier alpha value is -3.28. The summed E-state index contributed by atoms with van der Waals surface area (Å²) < 4.78 is 11.3. The first-order valence-electron chi connectivity index (χ1n) is 10.3. The van der Waals surface area contributed by atoms with Crippen LogP contribution in [-0.4, -0.2) is 18.6 Å². The van der Waals surface area contributed by atoms with Gasteiger partial charge in [-0.15, -0.1) is 0 Å². The van der Waals surface area contributed by atoms with Crippen molar-refractivity contribution in [3.63, 3.8) is 0 Å². The number of unbranched alkanes of at least 4 members (excludes halogenated alkanes) is 2. The van der Waals surface area contributed by atoms with Crippen LogP contribution in [0.15, 0.2) is 65.9 Å². The number of urea groups is 1. The Bertz CT molecular complexity index is 891. The molecule has 0 aliphatic carbocycles. The van der Waals surface area contributed by atoms with Crippen LogP contribution >= 0.6 is 0 Å². The number of ether oxygens (including phenoxy) is 2. The van der Waals surface area contributed by atoms with Gasteiger partial charge in [-0.3, -0.25) is 0 Å². The molecule has 0 saturated heterocycles. The van der Waals surface area contributed by atoms with Crippen molar-refractivity contribution >= 4 is 12.0 Å². The van der Waals surface area contributed by atoms with E-state index in [4.69, 9.17) is 9.47 Å². The van der Waals surface area contributed by atoms with Gasteiger partial charge in [-0.25, -0.2) is 9.59 Å². The number of hydrogen-bond donors (Lipinski definition) is 2. The van der Waals surface area contributed by atoms with E-state index in [0.29, 0.717) is 30.2 Å². The zero-order valence-electron chi connectivity index (χ0n) is 17.4. The fourth-order valence-electron chi connectivity index (χ4n) is 3.31. The van der Waals surface area contributed by atoms with Gasteiger partial charge in [0.25, 0.3) is 0 Å². The molecule has 6 nitrogen and oxygen atoms in total. The SMILES string of the molecule is CCCCCOC(=O)C1=C(C)NC(=O)N[C@H]1c1ccc(OCc2ccccc2)cc1. The van der Waals surface area contributed by atoms with Crippen LogP contribution < -0.4 is 15.4 Å². The van der Waals surface area contributed by atoms with E-state index in [0.717, 1.165) is 30.4 Å². The van der Waals surface area contributed by atoms with Crippen molar-refractivity contribution < 1.29 is 19.1 Å². The largest absolute Gasteiger partial charge is 0.489 e. The first kappa shape index (κ1) is 21.4. The van der Waals surface area contributed by atoms with E-state index in [1.54, 1.807) is 6.92 Å². The minimum atomic E-state index is -0.569. The molecule has 1 aliphatic rings. The number of hydrogen-bond acceptors (Lipinski definition) is 4. The van der Waals surface area contributed by atoms with Gasteiger partial charge >= 0.3 is 12.0 Å². The maximum atomic E-state index is 12.7. The molecular formula is C24H28N2O4. The first-order chi connectivity index (χ1) is 14.6. The van der Waals surface area contributed by atoms with Crippen LogP contribution in [0, 0.1) is 0 Å². The molecular weight excluding hydrogens is 380 g/mol. The van der Waals surface area contributed by atoms with Crippen LogP contribution in [0.5, 0.6) is 5.75 Å². The number of nitrogens with one attached hydrogen (secondary N) is 2. The van der Waals surface area contributed by atoms with E-state index < -0.39 is 12.0 Å². The second-order valence-electron chi connectivity index (χ2n) is 7.26. The minimum absolute atomic E-state index is 0.343. The highest BCUT2D eigenvalue weighted by molar-refractivity contribution is 5.95.